The maximum atomic E-state index is 11.8. The standard InChI is InChI=1S/C16H18N2O3/c1-18-16(20)14-7-4-12(17)10-15(14)21-13-5-2-11(3-6-13)8-9-19/h2-7,10,19H,8-9,17H2,1H3,(H,18,20). The maximum Gasteiger partial charge on any atom is 0.254 e. The van der Waals surface area contributed by atoms with E-state index in [1.165, 1.54) is 0 Å². The van der Waals surface area contributed by atoms with E-state index in [-0.39, 0.29) is 12.5 Å². The molecule has 0 fully saturated rings. The number of ether oxygens (including phenoxy) is 1. The van der Waals surface area contributed by atoms with Gasteiger partial charge in [-0.1, -0.05) is 12.1 Å². The third-order valence-electron chi connectivity index (χ3n) is 3.03. The second-order valence-corrected chi connectivity index (χ2v) is 4.55. The summed E-state index contributed by atoms with van der Waals surface area (Å²) in [5, 5.41) is 11.5. The number of amides is 1. The number of nitrogens with two attached hydrogens (primary N) is 1. The Morgan fingerprint density at radius 3 is 2.57 bits per heavy atom. The number of nitrogens with one attached hydrogen (secondary N) is 1. The molecule has 4 N–H and O–H groups in total. The van der Waals surface area contributed by atoms with Gasteiger partial charge in [-0.15, -0.1) is 0 Å². The molecule has 5 heteroatoms. The van der Waals surface area contributed by atoms with Crippen LogP contribution in [-0.4, -0.2) is 24.7 Å². The fourth-order valence-corrected chi connectivity index (χ4v) is 1.93. The second-order valence-electron chi connectivity index (χ2n) is 4.55. The molecule has 21 heavy (non-hydrogen) atoms. The fraction of sp³-hybridized carbons (Fsp3) is 0.188. The van der Waals surface area contributed by atoms with Gasteiger partial charge in [0.25, 0.3) is 5.91 Å². The van der Waals surface area contributed by atoms with E-state index >= 15 is 0 Å². The van der Waals surface area contributed by atoms with Gasteiger partial charge in [-0.25, -0.2) is 0 Å². The van der Waals surface area contributed by atoms with E-state index in [0.29, 0.717) is 29.2 Å². The first-order valence-electron chi connectivity index (χ1n) is 6.63. The Bertz CT molecular complexity index is 624. The minimum atomic E-state index is -0.234. The molecule has 0 unspecified atom stereocenters. The molecule has 2 aromatic carbocycles. The van der Waals surface area contributed by atoms with Crippen molar-refractivity contribution in [3.05, 3.63) is 53.6 Å². The molecule has 0 aliphatic heterocycles. The van der Waals surface area contributed by atoms with Gasteiger partial charge in [-0.05, 0) is 36.2 Å². The van der Waals surface area contributed by atoms with Crippen molar-refractivity contribution < 1.29 is 14.6 Å². The van der Waals surface area contributed by atoms with E-state index in [2.05, 4.69) is 5.32 Å². The van der Waals surface area contributed by atoms with Crippen LogP contribution in [0, 0.1) is 0 Å². The maximum absolute atomic E-state index is 11.8. The van der Waals surface area contributed by atoms with Gasteiger partial charge in [0.1, 0.15) is 11.5 Å². The van der Waals surface area contributed by atoms with Crippen molar-refractivity contribution in [3.63, 3.8) is 0 Å². The van der Waals surface area contributed by atoms with Crippen molar-refractivity contribution in [1.29, 1.82) is 0 Å². The zero-order chi connectivity index (χ0) is 15.2. The normalized spacial score (nSPS) is 10.2. The summed E-state index contributed by atoms with van der Waals surface area (Å²) in [4.78, 5) is 11.8. The van der Waals surface area contributed by atoms with Crippen molar-refractivity contribution in [1.82, 2.24) is 5.32 Å². The molecule has 5 nitrogen and oxygen atoms in total. The lowest BCUT2D eigenvalue weighted by atomic mass is 10.1. The van der Waals surface area contributed by atoms with Crippen molar-refractivity contribution in [2.24, 2.45) is 0 Å². The number of hydrogen-bond acceptors (Lipinski definition) is 4. The number of rotatable bonds is 5. The van der Waals surface area contributed by atoms with Gasteiger partial charge < -0.3 is 20.9 Å². The number of anilines is 1. The van der Waals surface area contributed by atoms with E-state index in [0.717, 1.165) is 5.56 Å². The molecule has 0 radical (unpaired) electrons. The Balaban J connectivity index is 2.25. The number of hydrogen-bond donors (Lipinski definition) is 3. The van der Waals surface area contributed by atoms with Gasteiger partial charge in [0.2, 0.25) is 0 Å². The molecule has 0 spiro atoms. The molecule has 2 aromatic rings. The topological polar surface area (TPSA) is 84.6 Å². The number of carbonyl (C=O) groups is 1. The lowest BCUT2D eigenvalue weighted by Crippen LogP contribution is -2.18. The third kappa shape index (κ3) is 3.73. The molecule has 0 atom stereocenters. The van der Waals surface area contributed by atoms with Crippen LogP contribution in [0.1, 0.15) is 15.9 Å². The molecule has 110 valence electrons. The number of carbonyl (C=O) groups excluding carboxylic acids is 1. The van der Waals surface area contributed by atoms with Crippen LogP contribution < -0.4 is 15.8 Å². The van der Waals surface area contributed by atoms with Gasteiger partial charge in [0.05, 0.1) is 5.56 Å². The van der Waals surface area contributed by atoms with Crippen LogP contribution in [0.4, 0.5) is 5.69 Å². The van der Waals surface area contributed by atoms with Crippen LogP contribution in [0.2, 0.25) is 0 Å². The van der Waals surface area contributed by atoms with Crippen molar-refractivity contribution in [2.45, 2.75) is 6.42 Å². The SMILES string of the molecule is CNC(=O)c1ccc(N)cc1Oc1ccc(CCO)cc1. The highest BCUT2D eigenvalue weighted by Crippen LogP contribution is 2.27. The van der Waals surface area contributed by atoms with Crippen LogP contribution >= 0.6 is 0 Å². The molecule has 0 saturated heterocycles. The highest BCUT2D eigenvalue weighted by atomic mass is 16.5. The van der Waals surface area contributed by atoms with Crippen LogP contribution in [0.5, 0.6) is 11.5 Å². The molecule has 0 aliphatic rings. The Labute approximate surface area is 123 Å². The quantitative estimate of drug-likeness (QED) is 0.733. The molecule has 0 aromatic heterocycles. The van der Waals surface area contributed by atoms with Crippen molar-refractivity contribution in [3.8, 4) is 11.5 Å². The minimum absolute atomic E-state index is 0.107. The van der Waals surface area contributed by atoms with E-state index in [1.807, 2.05) is 12.1 Å². The summed E-state index contributed by atoms with van der Waals surface area (Å²) in [6, 6.07) is 12.2. The fourth-order valence-electron chi connectivity index (χ4n) is 1.93. The van der Waals surface area contributed by atoms with E-state index in [9.17, 15) is 4.79 Å². The predicted molar refractivity (Wildman–Crippen MR) is 81.6 cm³/mol. The second kappa shape index (κ2) is 6.76. The summed E-state index contributed by atoms with van der Waals surface area (Å²) in [5.74, 6) is 0.776. The number of benzene rings is 2. The predicted octanol–water partition coefficient (Wildman–Crippen LogP) is 1.96. The van der Waals surface area contributed by atoms with Gasteiger partial charge in [-0.2, -0.15) is 0 Å². The molecule has 0 saturated carbocycles. The zero-order valence-electron chi connectivity index (χ0n) is 11.8. The van der Waals surface area contributed by atoms with Crippen LogP contribution in [0.25, 0.3) is 0 Å². The molecule has 0 heterocycles. The first-order chi connectivity index (χ1) is 10.1. The Morgan fingerprint density at radius 1 is 1.24 bits per heavy atom. The van der Waals surface area contributed by atoms with Gasteiger partial charge >= 0.3 is 0 Å². The Kier molecular flexibility index (Phi) is 4.79. The van der Waals surface area contributed by atoms with Gasteiger partial charge in [0.15, 0.2) is 0 Å². The largest absolute Gasteiger partial charge is 0.456 e. The van der Waals surface area contributed by atoms with E-state index in [4.69, 9.17) is 15.6 Å². The van der Waals surface area contributed by atoms with E-state index in [1.54, 1.807) is 37.4 Å². The summed E-state index contributed by atoms with van der Waals surface area (Å²) in [6.07, 6.45) is 0.599. The number of aliphatic hydroxyl groups is 1. The molecule has 0 aliphatic carbocycles. The molecule has 2 rings (SSSR count). The van der Waals surface area contributed by atoms with Crippen LogP contribution in [0.15, 0.2) is 42.5 Å². The average Bonchev–Trinajstić information content (AvgIpc) is 2.49. The lowest BCUT2D eigenvalue weighted by Gasteiger charge is -2.11. The Morgan fingerprint density at radius 2 is 1.95 bits per heavy atom. The molecule has 1 amide bonds. The smallest absolute Gasteiger partial charge is 0.254 e. The number of aliphatic hydroxyl groups excluding tert-OH is 1. The summed E-state index contributed by atoms with van der Waals surface area (Å²) >= 11 is 0. The highest BCUT2D eigenvalue weighted by molar-refractivity contribution is 5.97. The third-order valence-corrected chi connectivity index (χ3v) is 3.03. The van der Waals surface area contributed by atoms with Crippen molar-refractivity contribution >= 4 is 11.6 Å². The van der Waals surface area contributed by atoms with Gasteiger partial charge in [0, 0.05) is 25.4 Å². The molecular formula is C16H18N2O3. The van der Waals surface area contributed by atoms with Gasteiger partial charge in [-0.3, -0.25) is 4.79 Å². The van der Waals surface area contributed by atoms with E-state index < -0.39 is 0 Å². The molecule has 0 bridgehead atoms. The van der Waals surface area contributed by atoms with Crippen LogP contribution in [0.3, 0.4) is 0 Å². The summed E-state index contributed by atoms with van der Waals surface area (Å²) in [5.41, 5.74) is 7.71. The average molecular weight is 286 g/mol. The first-order valence-corrected chi connectivity index (χ1v) is 6.63. The van der Waals surface area contributed by atoms with Crippen molar-refractivity contribution in [2.75, 3.05) is 19.4 Å². The lowest BCUT2D eigenvalue weighted by molar-refractivity contribution is 0.0961. The number of nitrogen functional groups attached to an aromatic ring is 1. The zero-order valence-corrected chi connectivity index (χ0v) is 11.8. The molecular weight excluding hydrogens is 268 g/mol. The first kappa shape index (κ1) is 14.9. The minimum Gasteiger partial charge on any atom is -0.456 e. The summed E-state index contributed by atoms with van der Waals surface area (Å²) < 4.78 is 5.74. The highest BCUT2D eigenvalue weighted by Gasteiger charge is 2.12. The van der Waals surface area contributed by atoms with Crippen LogP contribution in [-0.2, 0) is 6.42 Å². The Hall–Kier alpha value is -2.53. The monoisotopic (exact) mass is 286 g/mol. The summed E-state index contributed by atoms with van der Waals surface area (Å²) in [6.45, 7) is 0.107. The summed E-state index contributed by atoms with van der Waals surface area (Å²) in [7, 11) is 1.56.